The minimum atomic E-state index is 0.228. The highest BCUT2D eigenvalue weighted by Gasteiger charge is 2.55. The summed E-state index contributed by atoms with van der Waals surface area (Å²) in [6.45, 7) is 4.04. The third-order valence-electron chi connectivity index (χ3n) is 8.48. The van der Waals surface area contributed by atoms with Crippen LogP contribution >= 0.6 is 0 Å². The Hall–Kier alpha value is -1.84. The Bertz CT molecular complexity index is 879. The lowest BCUT2D eigenvalue weighted by atomic mass is 9.55. The third-order valence-corrected chi connectivity index (χ3v) is 8.48. The average Bonchev–Trinajstić information content (AvgIpc) is 3.14. The number of aliphatic hydroxyl groups excluding tert-OH is 1. The van der Waals surface area contributed by atoms with E-state index in [9.17, 15) is 0 Å². The van der Waals surface area contributed by atoms with Gasteiger partial charge in [0.2, 0.25) is 0 Å². The van der Waals surface area contributed by atoms with Crippen LogP contribution in [-0.2, 0) is 17.8 Å². The molecule has 5 rings (SSSR count). The van der Waals surface area contributed by atoms with Gasteiger partial charge in [-0.05, 0) is 96.9 Å². The van der Waals surface area contributed by atoms with Gasteiger partial charge in [-0.3, -0.25) is 0 Å². The van der Waals surface area contributed by atoms with Crippen molar-refractivity contribution in [2.45, 2.75) is 70.5 Å². The van der Waals surface area contributed by atoms with Gasteiger partial charge in [-0.2, -0.15) is 0 Å². The predicted octanol–water partition coefficient (Wildman–Crippen LogP) is 5.89. The molecule has 2 aromatic rings. The zero-order chi connectivity index (χ0) is 21.3. The maximum Gasteiger partial charge on any atom is 0.120 e. The van der Waals surface area contributed by atoms with E-state index in [-0.39, 0.29) is 6.61 Å². The SMILES string of the molecule is C[C@]12CC[C@@H]3c4ccc(OCc5ccccc5)cc4CCC3[C@@H]1CC[C@@H]2OCCCO. The molecule has 0 amide bonds. The lowest BCUT2D eigenvalue weighted by molar-refractivity contribution is -0.0661. The monoisotopic (exact) mass is 420 g/mol. The summed E-state index contributed by atoms with van der Waals surface area (Å²) in [6, 6.07) is 17.3. The average molecular weight is 421 g/mol. The van der Waals surface area contributed by atoms with Crippen molar-refractivity contribution in [3.63, 3.8) is 0 Å². The summed E-state index contributed by atoms with van der Waals surface area (Å²) in [4.78, 5) is 0. The second-order valence-electron chi connectivity index (χ2n) is 10.1. The van der Waals surface area contributed by atoms with E-state index >= 15 is 0 Å². The molecule has 0 saturated heterocycles. The molecule has 0 aromatic heterocycles. The minimum absolute atomic E-state index is 0.228. The van der Waals surface area contributed by atoms with Gasteiger partial charge in [0.05, 0.1) is 6.10 Å². The quantitative estimate of drug-likeness (QED) is 0.568. The zero-order valence-corrected chi connectivity index (χ0v) is 18.8. The maximum absolute atomic E-state index is 9.11. The Morgan fingerprint density at radius 1 is 1.03 bits per heavy atom. The molecule has 0 bridgehead atoms. The second-order valence-corrected chi connectivity index (χ2v) is 10.1. The number of hydrogen-bond acceptors (Lipinski definition) is 3. The fraction of sp³-hybridized carbons (Fsp3) is 0.571. The van der Waals surface area contributed by atoms with Crippen LogP contribution in [0.4, 0.5) is 0 Å². The van der Waals surface area contributed by atoms with E-state index in [1.165, 1.54) is 49.7 Å². The Balaban J connectivity index is 1.28. The van der Waals surface area contributed by atoms with E-state index in [1.807, 2.05) is 6.07 Å². The van der Waals surface area contributed by atoms with Crippen LogP contribution in [0.25, 0.3) is 0 Å². The molecule has 2 aromatic carbocycles. The summed E-state index contributed by atoms with van der Waals surface area (Å²) in [5, 5.41) is 9.11. The number of hydrogen-bond donors (Lipinski definition) is 1. The highest BCUT2D eigenvalue weighted by Crippen LogP contribution is 2.61. The van der Waals surface area contributed by atoms with E-state index < -0.39 is 0 Å². The van der Waals surface area contributed by atoms with Gasteiger partial charge in [-0.15, -0.1) is 0 Å². The second kappa shape index (κ2) is 8.96. The van der Waals surface area contributed by atoms with Gasteiger partial charge in [0.15, 0.2) is 0 Å². The van der Waals surface area contributed by atoms with Gasteiger partial charge in [0.25, 0.3) is 0 Å². The van der Waals surface area contributed by atoms with Gasteiger partial charge in [-0.25, -0.2) is 0 Å². The van der Waals surface area contributed by atoms with Crippen LogP contribution < -0.4 is 4.74 Å². The normalized spacial score (nSPS) is 31.5. The van der Waals surface area contributed by atoms with Crippen LogP contribution in [0, 0.1) is 17.3 Å². The smallest absolute Gasteiger partial charge is 0.120 e. The van der Waals surface area contributed by atoms with Crippen molar-refractivity contribution in [2.24, 2.45) is 17.3 Å². The first-order chi connectivity index (χ1) is 15.2. The van der Waals surface area contributed by atoms with E-state index in [0.717, 1.165) is 24.0 Å². The van der Waals surface area contributed by atoms with Crippen molar-refractivity contribution in [1.29, 1.82) is 0 Å². The predicted molar refractivity (Wildman–Crippen MR) is 123 cm³/mol. The van der Waals surface area contributed by atoms with Crippen molar-refractivity contribution in [1.82, 2.24) is 0 Å². The van der Waals surface area contributed by atoms with E-state index in [4.69, 9.17) is 14.6 Å². The molecule has 2 saturated carbocycles. The van der Waals surface area contributed by atoms with Crippen LogP contribution in [0.1, 0.15) is 68.1 Å². The summed E-state index contributed by atoms with van der Waals surface area (Å²) in [7, 11) is 0. The standard InChI is InChI=1S/C28H36O3/c1-28-15-14-24-23-11-9-22(31-19-20-6-3-2-4-7-20)18-21(23)8-10-25(24)26(28)12-13-27(28)30-17-5-16-29/h2-4,6-7,9,11,18,24-27,29H,5,8,10,12-17,19H2,1H3/t24-,25?,26+,27+,28+/m1/s1. The van der Waals surface area contributed by atoms with Crippen molar-refractivity contribution in [2.75, 3.05) is 13.2 Å². The molecular weight excluding hydrogens is 384 g/mol. The summed E-state index contributed by atoms with van der Waals surface area (Å²) >= 11 is 0. The Labute approximate surface area is 186 Å². The first-order valence-electron chi connectivity index (χ1n) is 12.2. The lowest BCUT2D eigenvalue weighted by Gasteiger charge is -2.50. The molecule has 1 unspecified atom stereocenters. The topological polar surface area (TPSA) is 38.7 Å². The fourth-order valence-corrected chi connectivity index (χ4v) is 6.91. The molecule has 3 nitrogen and oxygen atoms in total. The van der Waals surface area contributed by atoms with Crippen LogP contribution in [-0.4, -0.2) is 24.4 Å². The van der Waals surface area contributed by atoms with Crippen LogP contribution in [0.3, 0.4) is 0 Å². The molecule has 0 spiro atoms. The molecule has 3 aliphatic carbocycles. The molecule has 5 atom stereocenters. The number of ether oxygens (including phenoxy) is 2. The molecular formula is C28H36O3. The fourth-order valence-electron chi connectivity index (χ4n) is 6.91. The Morgan fingerprint density at radius 3 is 2.74 bits per heavy atom. The largest absolute Gasteiger partial charge is 0.489 e. The summed E-state index contributed by atoms with van der Waals surface area (Å²) in [6.07, 6.45) is 8.61. The van der Waals surface area contributed by atoms with Crippen molar-refractivity contribution < 1.29 is 14.6 Å². The summed E-state index contributed by atoms with van der Waals surface area (Å²) in [5.74, 6) is 3.25. The number of fused-ring (bicyclic) bond motifs is 5. The minimum Gasteiger partial charge on any atom is -0.489 e. The summed E-state index contributed by atoms with van der Waals surface area (Å²) in [5.41, 5.74) is 4.61. The number of benzene rings is 2. The molecule has 3 aliphatic rings. The van der Waals surface area contributed by atoms with Crippen LogP contribution in [0.2, 0.25) is 0 Å². The molecule has 2 fully saturated rings. The highest BCUT2D eigenvalue weighted by atomic mass is 16.5. The number of aliphatic hydroxyl groups is 1. The van der Waals surface area contributed by atoms with E-state index in [1.54, 1.807) is 5.56 Å². The Kier molecular flexibility index (Phi) is 6.08. The van der Waals surface area contributed by atoms with Crippen molar-refractivity contribution in [3.8, 4) is 5.75 Å². The van der Waals surface area contributed by atoms with Crippen LogP contribution in [0.15, 0.2) is 48.5 Å². The van der Waals surface area contributed by atoms with Crippen molar-refractivity contribution in [3.05, 3.63) is 65.2 Å². The number of aryl methyl sites for hydroxylation is 1. The lowest BCUT2D eigenvalue weighted by Crippen LogP contribution is -2.44. The molecule has 31 heavy (non-hydrogen) atoms. The molecule has 0 heterocycles. The van der Waals surface area contributed by atoms with Gasteiger partial charge in [-0.1, -0.05) is 43.3 Å². The molecule has 1 N–H and O–H groups in total. The molecule has 166 valence electrons. The zero-order valence-electron chi connectivity index (χ0n) is 18.8. The maximum atomic E-state index is 9.11. The van der Waals surface area contributed by atoms with Gasteiger partial charge < -0.3 is 14.6 Å². The van der Waals surface area contributed by atoms with E-state index in [2.05, 4.69) is 49.4 Å². The third kappa shape index (κ3) is 4.03. The first kappa shape index (κ1) is 21.0. The molecule has 3 heteroatoms. The Morgan fingerprint density at radius 2 is 1.90 bits per heavy atom. The first-order valence-corrected chi connectivity index (χ1v) is 12.2. The van der Waals surface area contributed by atoms with Gasteiger partial charge in [0.1, 0.15) is 12.4 Å². The van der Waals surface area contributed by atoms with Gasteiger partial charge >= 0.3 is 0 Å². The van der Waals surface area contributed by atoms with Gasteiger partial charge in [0, 0.05) is 13.2 Å². The summed E-state index contributed by atoms with van der Waals surface area (Å²) < 4.78 is 12.4. The number of rotatable bonds is 7. The highest BCUT2D eigenvalue weighted by molar-refractivity contribution is 5.41. The molecule has 0 radical (unpaired) electrons. The van der Waals surface area contributed by atoms with E-state index in [0.29, 0.717) is 30.7 Å². The molecule has 0 aliphatic heterocycles. The van der Waals surface area contributed by atoms with Crippen molar-refractivity contribution >= 4 is 0 Å². The van der Waals surface area contributed by atoms with Crippen LogP contribution in [0.5, 0.6) is 5.75 Å².